The minimum atomic E-state index is -0.383. The molecule has 25 heavy (non-hydrogen) atoms. The van der Waals surface area contributed by atoms with E-state index < -0.39 is 0 Å². The van der Waals surface area contributed by atoms with Crippen LogP contribution in [0.2, 0.25) is 0 Å². The quantitative estimate of drug-likeness (QED) is 0.678. The lowest BCUT2D eigenvalue weighted by molar-refractivity contribution is 0.376. The number of benzene rings is 2. The van der Waals surface area contributed by atoms with E-state index in [0.717, 1.165) is 11.3 Å². The summed E-state index contributed by atoms with van der Waals surface area (Å²) in [6.07, 6.45) is 0. The molecule has 0 aliphatic heterocycles. The van der Waals surface area contributed by atoms with Crippen molar-refractivity contribution in [2.75, 3.05) is 12.4 Å². The van der Waals surface area contributed by atoms with Crippen molar-refractivity contribution >= 4 is 23.0 Å². The van der Waals surface area contributed by atoms with Crippen LogP contribution < -0.4 is 15.4 Å². The molecule has 3 rings (SSSR count). The van der Waals surface area contributed by atoms with Gasteiger partial charge in [-0.15, -0.1) is 0 Å². The SMILES string of the molecule is COc1ccc(-c2noc(CNC(=S)Nc3ccccc3F)n2)cc1. The van der Waals surface area contributed by atoms with Crippen molar-refractivity contribution in [2.24, 2.45) is 0 Å². The van der Waals surface area contributed by atoms with Crippen molar-refractivity contribution in [3.63, 3.8) is 0 Å². The number of ether oxygens (including phenoxy) is 1. The summed E-state index contributed by atoms with van der Waals surface area (Å²) < 4.78 is 23.9. The maximum absolute atomic E-state index is 13.6. The molecule has 3 aromatic rings. The zero-order chi connectivity index (χ0) is 17.6. The molecule has 0 amide bonds. The second kappa shape index (κ2) is 7.71. The standard InChI is InChI=1S/C17H15FN4O2S/c1-23-12-8-6-11(7-9-12)16-21-15(24-22-16)10-19-17(25)20-14-5-3-2-4-13(14)18/h2-9H,10H2,1H3,(H2,19,20,25). The van der Waals surface area contributed by atoms with Crippen LogP contribution in [0.3, 0.4) is 0 Å². The minimum Gasteiger partial charge on any atom is -0.497 e. The van der Waals surface area contributed by atoms with E-state index in [0.29, 0.717) is 17.4 Å². The van der Waals surface area contributed by atoms with Gasteiger partial charge in [0.05, 0.1) is 19.3 Å². The third-order valence-electron chi connectivity index (χ3n) is 3.34. The third kappa shape index (κ3) is 4.30. The van der Waals surface area contributed by atoms with E-state index in [2.05, 4.69) is 20.8 Å². The van der Waals surface area contributed by atoms with Crippen LogP contribution in [-0.4, -0.2) is 22.4 Å². The summed E-state index contributed by atoms with van der Waals surface area (Å²) in [5.41, 5.74) is 1.10. The van der Waals surface area contributed by atoms with E-state index in [1.54, 1.807) is 25.3 Å². The highest BCUT2D eigenvalue weighted by atomic mass is 32.1. The van der Waals surface area contributed by atoms with E-state index in [1.165, 1.54) is 6.07 Å². The first-order valence-corrected chi connectivity index (χ1v) is 7.83. The Morgan fingerprint density at radius 2 is 1.96 bits per heavy atom. The Morgan fingerprint density at radius 3 is 2.68 bits per heavy atom. The Morgan fingerprint density at radius 1 is 1.20 bits per heavy atom. The lowest BCUT2D eigenvalue weighted by Crippen LogP contribution is -2.28. The molecule has 2 N–H and O–H groups in total. The molecule has 0 unspecified atom stereocenters. The normalized spacial score (nSPS) is 10.3. The molecule has 0 spiro atoms. The van der Waals surface area contributed by atoms with Crippen LogP contribution in [0.5, 0.6) is 5.75 Å². The number of thiocarbonyl (C=S) groups is 1. The molecule has 0 fully saturated rings. The van der Waals surface area contributed by atoms with Gasteiger partial charge >= 0.3 is 0 Å². The molecule has 6 nitrogen and oxygen atoms in total. The van der Waals surface area contributed by atoms with E-state index in [1.807, 2.05) is 24.3 Å². The highest BCUT2D eigenvalue weighted by Crippen LogP contribution is 2.19. The number of aromatic nitrogens is 2. The predicted molar refractivity (Wildman–Crippen MR) is 95.7 cm³/mol. The van der Waals surface area contributed by atoms with Crippen molar-refractivity contribution in [3.05, 3.63) is 60.2 Å². The van der Waals surface area contributed by atoms with Gasteiger partial charge in [0.2, 0.25) is 11.7 Å². The molecule has 0 aliphatic carbocycles. The summed E-state index contributed by atoms with van der Waals surface area (Å²) in [5, 5.41) is 9.85. The number of methoxy groups -OCH3 is 1. The van der Waals surface area contributed by atoms with Gasteiger partial charge in [-0.2, -0.15) is 4.98 Å². The Balaban J connectivity index is 1.58. The van der Waals surface area contributed by atoms with Crippen molar-refractivity contribution in [1.82, 2.24) is 15.5 Å². The van der Waals surface area contributed by atoms with Gasteiger partial charge in [-0.25, -0.2) is 4.39 Å². The van der Waals surface area contributed by atoms with Crippen molar-refractivity contribution in [1.29, 1.82) is 0 Å². The van der Waals surface area contributed by atoms with Crippen LogP contribution in [0.1, 0.15) is 5.89 Å². The predicted octanol–water partition coefficient (Wildman–Crippen LogP) is 3.37. The van der Waals surface area contributed by atoms with Gasteiger partial charge in [-0.1, -0.05) is 17.3 Å². The molecule has 2 aromatic carbocycles. The fourth-order valence-electron chi connectivity index (χ4n) is 2.07. The average Bonchev–Trinajstić information content (AvgIpc) is 3.11. The fraction of sp³-hybridized carbons (Fsp3) is 0.118. The van der Waals surface area contributed by atoms with Crippen LogP contribution in [0.4, 0.5) is 10.1 Å². The molecule has 128 valence electrons. The number of hydrogen-bond acceptors (Lipinski definition) is 5. The average molecular weight is 358 g/mol. The van der Waals surface area contributed by atoms with Gasteiger partial charge in [0.25, 0.3) is 0 Å². The van der Waals surface area contributed by atoms with Crippen LogP contribution in [0.15, 0.2) is 53.1 Å². The van der Waals surface area contributed by atoms with Crippen molar-refractivity contribution in [2.45, 2.75) is 6.54 Å². The first-order chi connectivity index (χ1) is 12.2. The zero-order valence-corrected chi connectivity index (χ0v) is 14.1. The molecule has 0 aliphatic rings. The van der Waals surface area contributed by atoms with Crippen LogP contribution in [0, 0.1) is 5.82 Å². The third-order valence-corrected chi connectivity index (χ3v) is 3.58. The number of hydrogen-bond donors (Lipinski definition) is 2. The molecule has 0 saturated heterocycles. The fourth-order valence-corrected chi connectivity index (χ4v) is 2.25. The molecule has 8 heteroatoms. The maximum Gasteiger partial charge on any atom is 0.246 e. The number of halogens is 1. The molecule has 1 aromatic heterocycles. The highest BCUT2D eigenvalue weighted by Gasteiger charge is 2.10. The monoisotopic (exact) mass is 358 g/mol. The first kappa shape index (κ1) is 16.8. The molecule has 0 atom stereocenters. The summed E-state index contributed by atoms with van der Waals surface area (Å²) in [6, 6.07) is 13.6. The summed E-state index contributed by atoms with van der Waals surface area (Å²) in [6.45, 7) is 0.226. The zero-order valence-electron chi connectivity index (χ0n) is 13.3. The number of anilines is 1. The van der Waals surface area contributed by atoms with Gasteiger partial charge in [-0.05, 0) is 48.6 Å². The van der Waals surface area contributed by atoms with Crippen LogP contribution >= 0.6 is 12.2 Å². The van der Waals surface area contributed by atoms with Gasteiger partial charge in [-0.3, -0.25) is 0 Å². The van der Waals surface area contributed by atoms with E-state index in [-0.39, 0.29) is 17.5 Å². The highest BCUT2D eigenvalue weighted by molar-refractivity contribution is 7.80. The summed E-state index contributed by atoms with van der Waals surface area (Å²) in [4.78, 5) is 4.29. The second-order valence-electron chi connectivity index (χ2n) is 5.03. The molecule has 1 heterocycles. The summed E-state index contributed by atoms with van der Waals surface area (Å²) in [7, 11) is 1.60. The summed E-state index contributed by atoms with van der Waals surface area (Å²) >= 11 is 5.13. The van der Waals surface area contributed by atoms with Gasteiger partial charge in [0.15, 0.2) is 5.11 Å². The molecular formula is C17H15FN4O2S. The summed E-state index contributed by atoms with van der Waals surface area (Å²) in [5.74, 6) is 1.20. The Labute approximate surface area is 149 Å². The lowest BCUT2D eigenvalue weighted by Gasteiger charge is -2.09. The van der Waals surface area contributed by atoms with Crippen LogP contribution in [0.25, 0.3) is 11.4 Å². The second-order valence-corrected chi connectivity index (χ2v) is 5.44. The van der Waals surface area contributed by atoms with Gasteiger partial charge < -0.3 is 19.9 Å². The smallest absolute Gasteiger partial charge is 0.246 e. The number of rotatable bonds is 5. The lowest BCUT2D eigenvalue weighted by atomic mass is 10.2. The van der Waals surface area contributed by atoms with E-state index in [4.69, 9.17) is 21.5 Å². The maximum atomic E-state index is 13.6. The molecule has 0 radical (unpaired) electrons. The van der Waals surface area contributed by atoms with E-state index in [9.17, 15) is 4.39 Å². The Hall–Kier alpha value is -3.00. The van der Waals surface area contributed by atoms with Crippen LogP contribution in [-0.2, 0) is 6.54 Å². The topological polar surface area (TPSA) is 72.2 Å². The minimum absolute atomic E-state index is 0.226. The Kier molecular flexibility index (Phi) is 5.20. The van der Waals surface area contributed by atoms with E-state index >= 15 is 0 Å². The Bertz CT molecular complexity index is 867. The molecule has 0 saturated carbocycles. The van der Waals surface area contributed by atoms with Crippen molar-refractivity contribution < 1.29 is 13.7 Å². The van der Waals surface area contributed by atoms with Gasteiger partial charge in [0, 0.05) is 5.56 Å². The largest absolute Gasteiger partial charge is 0.497 e. The molecular weight excluding hydrogens is 343 g/mol. The van der Waals surface area contributed by atoms with Crippen molar-refractivity contribution in [3.8, 4) is 17.1 Å². The van der Waals surface area contributed by atoms with Gasteiger partial charge in [0.1, 0.15) is 11.6 Å². The first-order valence-electron chi connectivity index (χ1n) is 7.42. The number of nitrogens with one attached hydrogen (secondary N) is 2. The molecule has 0 bridgehead atoms. The number of nitrogens with zero attached hydrogens (tertiary/aromatic N) is 2. The number of para-hydroxylation sites is 1.